The van der Waals surface area contributed by atoms with Crippen LogP contribution in [0.1, 0.15) is 17.4 Å². The topological polar surface area (TPSA) is 157 Å². The Kier molecular flexibility index (Phi) is 6.69. The summed E-state index contributed by atoms with van der Waals surface area (Å²) in [4.78, 5) is 26.1. The number of rotatable bonds is 7. The molecule has 0 spiro atoms. The predicted octanol–water partition coefficient (Wildman–Crippen LogP) is -0.684. The lowest BCUT2D eigenvalue weighted by Gasteiger charge is -2.37. The average molecular weight is 439 g/mol. The quantitative estimate of drug-likeness (QED) is 0.278. The number of aromatic nitrogens is 2. The van der Waals surface area contributed by atoms with Gasteiger partial charge in [-0.05, 0) is 23.8 Å². The Hall–Kier alpha value is -2.87. The van der Waals surface area contributed by atoms with Gasteiger partial charge in [0.05, 0.1) is 32.2 Å². The number of H-pyrrole nitrogens is 1. The molecule has 31 heavy (non-hydrogen) atoms. The van der Waals surface area contributed by atoms with Crippen LogP contribution in [-0.4, -0.2) is 66.8 Å². The average Bonchev–Trinajstić information content (AvgIpc) is 3.02. The highest BCUT2D eigenvalue weighted by Crippen LogP contribution is 2.40. The molecule has 0 aliphatic carbocycles. The van der Waals surface area contributed by atoms with E-state index in [-0.39, 0.29) is 18.4 Å². The summed E-state index contributed by atoms with van der Waals surface area (Å²) in [5.74, 6) is 0.558. The highest BCUT2D eigenvalue weighted by molar-refractivity contribution is 5.44. The molecule has 0 radical (unpaired) electrons. The number of hydroxylamine groups is 2. The monoisotopic (exact) mass is 439 g/mol. The summed E-state index contributed by atoms with van der Waals surface area (Å²) in [6.07, 6.45) is -3.24. The second-order valence-electron chi connectivity index (χ2n) is 6.89. The van der Waals surface area contributed by atoms with Crippen LogP contribution in [0.2, 0.25) is 0 Å². The minimum Gasteiger partial charge on any atom is -0.497 e. The van der Waals surface area contributed by atoms with Gasteiger partial charge < -0.3 is 30.0 Å². The zero-order valence-corrected chi connectivity index (χ0v) is 16.4. The van der Waals surface area contributed by atoms with E-state index >= 15 is 0 Å². The highest BCUT2D eigenvalue weighted by Gasteiger charge is 2.60. The number of ether oxygens (including phenoxy) is 2. The van der Waals surface area contributed by atoms with Crippen LogP contribution in [0.4, 0.5) is 4.39 Å². The maximum atomic E-state index is 12.6. The lowest BCUT2D eigenvalue weighted by atomic mass is 10.0. The molecule has 11 nitrogen and oxygen atoms in total. The molecule has 5 N–H and O–H groups in total. The fourth-order valence-electron chi connectivity index (χ4n) is 3.35. The Morgan fingerprint density at radius 2 is 2.03 bits per heavy atom. The van der Waals surface area contributed by atoms with E-state index in [2.05, 4.69) is 0 Å². The van der Waals surface area contributed by atoms with Crippen molar-refractivity contribution in [2.45, 2.75) is 30.7 Å². The second kappa shape index (κ2) is 9.09. The fourth-order valence-corrected chi connectivity index (χ4v) is 3.35. The Morgan fingerprint density at radius 3 is 2.61 bits per heavy atom. The minimum atomic E-state index is -2.62. The zero-order chi connectivity index (χ0) is 22.8. The molecule has 0 saturated carbocycles. The first-order valence-electron chi connectivity index (χ1n) is 9.14. The van der Waals surface area contributed by atoms with Gasteiger partial charge in [-0.25, -0.2) is 9.18 Å². The van der Waals surface area contributed by atoms with Crippen LogP contribution in [0.5, 0.6) is 5.75 Å². The molecular formula is C19H22FN3O8. The van der Waals surface area contributed by atoms with E-state index in [4.69, 9.17) is 9.47 Å². The van der Waals surface area contributed by atoms with Gasteiger partial charge in [0.25, 0.3) is 5.56 Å². The third-order valence-corrected chi connectivity index (χ3v) is 5.03. The molecule has 0 amide bonds. The van der Waals surface area contributed by atoms with Gasteiger partial charge in [-0.1, -0.05) is 12.1 Å². The Balaban J connectivity index is 2.03. The number of aliphatic hydroxyl groups excluding tert-OH is 2. The van der Waals surface area contributed by atoms with Crippen molar-refractivity contribution in [1.29, 1.82) is 0 Å². The Labute approximate surface area is 174 Å². The Morgan fingerprint density at radius 1 is 1.35 bits per heavy atom. The van der Waals surface area contributed by atoms with Crippen LogP contribution in [-0.2, 0) is 11.3 Å². The molecule has 1 aromatic heterocycles. The zero-order valence-electron chi connectivity index (χ0n) is 16.4. The van der Waals surface area contributed by atoms with E-state index < -0.39 is 42.0 Å². The number of aliphatic hydroxyl groups is 3. The van der Waals surface area contributed by atoms with E-state index in [0.29, 0.717) is 20.9 Å². The number of halogens is 1. The Bertz CT molecular complexity index is 1050. The summed E-state index contributed by atoms with van der Waals surface area (Å²) >= 11 is 0. The third-order valence-electron chi connectivity index (χ3n) is 5.03. The molecule has 2 aromatic rings. The molecule has 1 aliphatic heterocycles. The first kappa shape index (κ1) is 22.8. The van der Waals surface area contributed by atoms with Crippen LogP contribution in [0, 0.1) is 0 Å². The molecule has 1 aromatic carbocycles. The fraction of sp³-hybridized carbons (Fsp3) is 0.368. The molecule has 168 valence electrons. The van der Waals surface area contributed by atoms with E-state index in [0.717, 1.165) is 12.3 Å². The summed E-state index contributed by atoms with van der Waals surface area (Å²) in [6.45, 7) is -1.06. The molecule has 3 rings (SSSR count). The summed E-state index contributed by atoms with van der Waals surface area (Å²) < 4.78 is 23.8. The molecule has 0 bridgehead atoms. The van der Waals surface area contributed by atoms with Crippen molar-refractivity contribution < 1.29 is 34.4 Å². The van der Waals surface area contributed by atoms with E-state index in [9.17, 15) is 34.5 Å². The number of methoxy groups -OCH3 is 1. The van der Waals surface area contributed by atoms with E-state index in [1.807, 2.05) is 4.98 Å². The molecule has 12 heteroatoms. The largest absolute Gasteiger partial charge is 0.497 e. The van der Waals surface area contributed by atoms with Crippen LogP contribution in [0.15, 0.2) is 46.4 Å². The van der Waals surface area contributed by atoms with Crippen molar-refractivity contribution in [3.8, 4) is 5.75 Å². The normalized spacial score (nSPS) is 26.1. The predicted molar refractivity (Wildman–Crippen MR) is 104 cm³/mol. The molecule has 4 atom stereocenters. The number of nitrogens with zero attached hydrogens (tertiary/aromatic N) is 2. The standard InChI is InChI=1S/C19H22FN3O8/c1-30-13-4-2-11(3-5-13)8-23(29)19(28)15(25)14(10-24)31-17(19)22-9-12(6-7-20)16(26)21-18(22)27/h2-7,9,14-15,17,24-25,28-29H,8,10H2,1H3,(H,21,26,27)/b7-6+/t14-,15-,17?,19-/m1/s1. The molecule has 1 fully saturated rings. The highest BCUT2D eigenvalue weighted by atomic mass is 19.1. The molecule has 1 unspecified atom stereocenters. The maximum absolute atomic E-state index is 12.6. The molecular weight excluding hydrogens is 417 g/mol. The van der Waals surface area contributed by atoms with Crippen LogP contribution in [0.3, 0.4) is 0 Å². The minimum absolute atomic E-state index is 0.0779. The van der Waals surface area contributed by atoms with Crippen molar-refractivity contribution in [1.82, 2.24) is 14.6 Å². The third kappa shape index (κ3) is 4.17. The van der Waals surface area contributed by atoms with Gasteiger partial charge in [0.15, 0.2) is 6.23 Å². The maximum Gasteiger partial charge on any atom is 0.330 e. The smallest absolute Gasteiger partial charge is 0.330 e. The van der Waals surface area contributed by atoms with Gasteiger partial charge in [0, 0.05) is 6.20 Å². The van der Waals surface area contributed by atoms with Gasteiger partial charge in [-0.2, -0.15) is 0 Å². The summed E-state index contributed by atoms with van der Waals surface area (Å²) in [7, 11) is 1.48. The van der Waals surface area contributed by atoms with Crippen molar-refractivity contribution in [2.75, 3.05) is 13.7 Å². The summed E-state index contributed by atoms with van der Waals surface area (Å²) in [5, 5.41) is 42.4. The lowest BCUT2D eigenvalue weighted by molar-refractivity contribution is -0.318. The van der Waals surface area contributed by atoms with Crippen LogP contribution < -0.4 is 16.0 Å². The number of aromatic amines is 1. The van der Waals surface area contributed by atoms with Crippen LogP contribution in [0.25, 0.3) is 6.08 Å². The summed E-state index contributed by atoms with van der Waals surface area (Å²) in [6, 6.07) is 6.43. The van der Waals surface area contributed by atoms with Crippen molar-refractivity contribution in [3.05, 3.63) is 68.8 Å². The second-order valence-corrected chi connectivity index (χ2v) is 6.89. The van der Waals surface area contributed by atoms with Crippen molar-refractivity contribution >= 4 is 6.08 Å². The number of nitrogens with one attached hydrogen (secondary N) is 1. The first-order valence-corrected chi connectivity index (χ1v) is 9.14. The van der Waals surface area contributed by atoms with Gasteiger partial charge >= 0.3 is 5.69 Å². The van der Waals surface area contributed by atoms with E-state index in [1.165, 1.54) is 7.11 Å². The first-order chi connectivity index (χ1) is 14.8. The van der Waals surface area contributed by atoms with Crippen molar-refractivity contribution in [3.63, 3.8) is 0 Å². The molecule has 1 aliphatic rings. The lowest BCUT2D eigenvalue weighted by Crippen LogP contribution is -2.59. The van der Waals surface area contributed by atoms with Gasteiger partial charge in [-0.15, -0.1) is 5.06 Å². The van der Waals surface area contributed by atoms with Crippen LogP contribution >= 0.6 is 0 Å². The SMILES string of the molecule is COc1ccc(CN(O)[C@]2(O)C(n3cc(/C=C/F)c(=O)[nH]c3=O)O[C@H](CO)[C@H]2O)cc1. The van der Waals surface area contributed by atoms with Gasteiger partial charge in [0.1, 0.15) is 18.0 Å². The number of hydrogen-bond acceptors (Lipinski definition) is 9. The number of benzene rings is 1. The van der Waals surface area contributed by atoms with Gasteiger partial charge in [-0.3, -0.25) is 14.3 Å². The van der Waals surface area contributed by atoms with E-state index in [1.54, 1.807) is 24.3 Å². The number of hydrogen-bond donors (Lipinski definition) is 5. The van der Waals surface area contributed by atoms with Crippen molar-refractivity contribution in [2.24, 2.45) is 0 Å². The molecule has 1 saturated heterocycles. The van der Waals surface area contributed by atoms with Gasteiger partial charge in [0.2, 0.25) is 5.72 Å². The molecule has 2 heterocycles. The summed E-state index contributed by atoms with van der Waals surface area (Å²) in [5.41, 5.74) is -4.34.